The topological polar surface area (TPSA) is 55.4 Å². The third-order valence-electron chi connectivity index (χ3n) is 1.98. The summed E-state index contributed by atoms with van der Waals surface area (Å²) in [5, 5.41) is 1.63. The van der Waals surface area contributed by atoms with Crippen LogP contribution < -0.4 is 5.32 Å². The van der Waals surface area contributed by atoms with E-state index in [4.69, 9.17) is 4.74 Å². The Morgan fingerprint density at radius 2 is 2.00 bits per heavy atom. The van der Waals surface area contributed by atoms with E-state index in [1.54, 1.807) is 12.2 Å². The van der Waals surface area contributed by atoms with Gasteiger partial charge in [0.2, 0.25) is 0 Å². The second kappa shape index (κ2) is 6.05. The molecule has 0 bridgehead atoms. The van der Waals surface area contributed by atoms with Crippen molar-refractivity contribution in [1.82, 2.24) is 0 Å². The number of halogens is 4. The summed E-state index contributed by atoms with van der Waals surface area (Å²) in [4.78, 5) is 22.4. The number of anilines is 1. The van der Waals surface area contributed by atoms with E-state index < -0.39 is 18.1 Å². The summed E-state index contributed by atoms with van der Waals surface area (Å²) in [6.07, 6.45) is -5.03. The van der Waals surface area contributed by atoms with E-state index in [0.717, 1.165) is 0 Å². The fourth-order valence-electron chi connectivity index (χ4n) is 1.20. The largest absolute Gasteiger partial charge is 0.471 e. The number of esters is 1. The first-order chi connectivity index (χ1) is 8.75. The standard InChI is InChI=1S/C11H9BrF3NO3/c1-2-19-9(17)7-5-6(12)3-4-8(7)16-10(18)11(13,14)15/h3-5H,2H2,1H3,(H,16,18). The summed E-state index contributed by atoms with van der Waals surface area (Å²) in [5.41, 5.74) is -0.419. The molecule has 0 spiro atoms. The molecule has 1 amide bonds. The molecule has 104 valence electrons. The Bertz CT molecular complexity index is 502. The molecule has 8 heteroatoms. The molecule has 0 saturated heterocycles. The van der Waals surface area contributed by atoms with E-state index >= 15 is 0 Å². The van der Waals surface area contributed by atoms with E-state index in [-0.39, 0.29) is 17.9 Å². The van der Waals surface area contributed by atoms with Crippen LogP contribution >= 0.6 is 15.9 Å². The zero-order valence-electron chi connectivity index (χ0n) is 9.68. The van der Waals surface area contributed by atoms with Gasteiger partial charge in [-0.1, -0.05) is 15.9 Å². The zero-order chi connectivity index (χ0) is 14.6. The van der Waals surface area contributed by atoms with Crippen molar-refractivity contribution < 1.29 is 27.5 Å². The zero-order valence-corrected chi connectivity index (χ0v) is 11.3. The van der Waals surface area contributed by atoms with Crippen molar-refractivity contribution in [1.29, 1.82) is 0 Å². The summed E-state index contributed by atoms with van der Waals surface area (Å²) in [5.74, 6) is -2.97. The number of carbonyl (C=O) groups excluding carboxylic acids is 2. The van der Waals surface area contributed by atoms with Crippen molar-refractivity contribution in [3.05, 3.63) is 28.2 Å². The lowest BCUT2D eigenvalue weighted by Gasteiger charge is -2.12. The van der Waals surface area contributed by atoms with Crippen LogP contribution in [0.3, 0.4) is 0 Å². The van der Waals surface area contributed by atoms with Crippen molar-refractivity contribution in [2.24, 2.45) is 0 Å². The molecular weight excluding hydrogens is 331 g/mol. The smallest absolute Gasteiger partial charge is 0.462 e. The first-order valence-corrected chi connectivity index (χ1v) is 5.90. The van der Waals surface area contributed by atoms with Crippen LogP contribution in [0.1, 0.15) is 17.3 Å². The summed E-state index contributed by atoms with van der Waals surface area (Å²) in [7, 11) is 0. The number of benzene rings is 1. The number of amides is 1. The Labute approximate surface area is 115 Å². The number of nitrogens with one attached hydrogen (secondary N) is 1. The molecule has 0 atom stereocenters. The van der Waals surface area contributed by atoms with Crippen LogP contribution in [-0.4, -0.2) is 24.7 Å². The summed E-state index contributed by atoms with van der Waals surface area (Å²) in [6, 6.07) is 3.85. The van der Waals surface area contributed by atoms with E-state index in [9.17, 15) is 22.8 Å². The van der Waals surface area contributed by atoms with Crippen LogP contribution in [0, 0.1) is 0 Å². The quantitative estimate of drug-likeness (QED) is 0.861. The Morgan fingerprint density at radius 3 is 2.53 bits per heavy atom. The summed E-state index contributed by atoms with van der Waals surface area (Å²) in [6.45, 7) is 1.63. The highest BCUT2D eigenvalue weighted by Gasteiger charge is 2.39. The van der Waals surface area contributed by atoms with Crippen molar-refractivity contribution in [3.63, 3.8) is 0 Å². The van der Waals surface area contributed by atoms with Gasteiger partial charge in [0, 0.05) is 4.47 Å². The molecule has 0 aliphatic carbocycles. The Hall–Kier alpha value is -1.57. The van der Waals surface area contributed by atoms with E-state index in [1.807, 2.05) is 0 Å². The third-order valence-corrected chi connectivity index (χ3v) is 2.48. The first kappa shape index (κ1) is 15.5. The molecule has 1 aromatic carbocycles. The van der Waals surface area contributed by atoms with Crippen molar-refractivity contribution in [3.8, 4) is 0 Å². The molecule has 0 unspecified atom stereocenters. The predicted octanol–water partition coefficient (Wildman–Crippen LogP) is 3.13. The Morgan fingerprint density at radius 1 is 1.37 bits per heavy atom. The highest BCUT2D eigenvalue weighted by atomic mass is 79.9. The normalized spacial score (nSPS) is 11.0. The lowest BCUT2D eigenvalue weighted by atomic mass is 10.2. The Balaban J connectivity index is 3.07. The van der Waals surface area contributed by atoms with Gasteiger partial charge in [-0.3, -0.25) is 4.79 Å². The van der Waals surface area contributed by atoms with E-state index in [2.05, 4.69) is 15.9 Å². The van der Waals surface area contributed by atoms with Gasteiger partial charge in [0.15, 0.2) is 0 Å². The molecule has 0 aliphatic rings. The van der Waals surface area contributed by atoms with E-state index in [0.29, 0.717) is 4.47 Å². The van der Waals surface area contributed by atoms with Gasteiger partial charge < -0.3 is 10.1 Å². The fraction of sp³-hybridized carbons (Fsp3) is 0.273. The molecule has 0 saturated carbocycles. The molecule has 1 N–H and O–H groups in total. The first-order valence-electron chi connectivity index (χ1n) is 5.10. The van der Waals surface area contributed by atoms with Crippen LogP contribution in [0.25, 0.3) is 0 Å². The van der Waals surface area contributed by atoms with Crippen LogP contribution in [-0.2, 0) is 9.53 Å². The molecule has 19 heavy (non-hydrogen) atoms. The maximum atomic E-state index is 12.2. The Kier molecular flexibility index (Phi) is 4.93. The lowest BCUT2D eigenvalue weighted by molar-refractivity contribution is -0.167. The third kappa shape index (κ3) is 4.23. The number of carbonyl (C=O) groups is 2. The molecule has 4 nitrogen and oxygen atoms in total. The van der Waals surface area contributed by atoms with Gasteiger partial charge in [-0.05, 0) is 25.1 Å². The molecular formula is C11H9BrF3NO3. The molecule has 0 aromatic heterocycles. The van der Waals surface area contributed by atoms with E-state index in [1.165, 1.54) is 18.2 Å². The second-order valence-electron chi connectivity index (χ2n) is 3.36. The van der Waals surface area contributed by atoms with Crippen LogP contribution in [0.4, 0.5) is 18.9 Å². The number of alkyl halides is 3. The number of hydrogen-bond donors (Lipinski definition) is 1. The molecule has 0 aliphatic heterocycles. The van der Waals surface area contributed by atoms with Gasteiger partial charge in [0.1, 0.15) is 0 Å². The van der Waals surface area contributed by atoms with Gasteiger partial charge in [0.25, 0.3) is 0 Å². The lowest BCUT2D eigenvalue weighted by Crippen LogP contribution is -2.30. The average molecular weight is 340 g/mol. The van der Waals surface area contributed by atoms with Gasteiger partial charge in [-0.25, -0.2) is 4.79 Å². The van der Waals surface area contributed by atoms with Gasteiger partial charge in [0.05, 0.1) is 17.9 Å². The summed E-state index contributed by atoms with van der Waals surface area (Å²) < 4.78 is 41.6. The second-order valence-corrected chi connectivity index (χ2v) is 4.28. The summed E-state index contributed by atoms with van der Waals surface area (Å²) >= 11 is 3.08. The predicted molar refractivity (Wildman–Crippen MR) is 64.8 cm³/mol. The van der Waals surface area contributed by atoms with Crippen LogP contribution in [0.15, 0.2) is 22.7 Å². The van der Waals surface area contributed by atoms with Gasteiger partial charge >= 0.3 is 18.1 Å². The molecule has 0 radical (unpaired) electrons. The maximum Gasteiger partial charge on any atom is 0.471 e. The highest BCUT2D eigenvalue weighted by molar-refractivity contribution is 9.10. The number of rotatable bonds is 3. The minimum atomic E-state index is -5.03. The van der Waals surface area contributed by atoms with Crippen molar-refractivity contribution in [2.75, 3.05) is 11.9 Å². The average Bonchev–Trinajstić information content (AvgIpc) is 2.30. The van der Waals surface area contributed by atoms with Crippen LogP contribution in [0.2, 0.25) is 0 Å². The molecule has 1 aromatic rings. The minimum absolute atomic E-state index is 0.0675. The van der Waals surface area contributed by atoms with Crippen molar-refractivity contribution >= 4 is 33.5 Å². The number of hydrogen-bond acceptors (Lipinski definition) is 3. The SMILES string of the molecule is CCOC(=O)c1cc(Br)ccc1NC(=O)C(F)(F)F. The van der Waals surface area contributed by atoms with Gasteiger partial charge in [-0.15, -0.1) is 0 Å². The highest BCUT2D eigenvalue weighted by Crippen LogP contribution is 2.24. The number of ether oxygens (including phenoxy) is 1. The maximum absolute atomic E-state index is 12.2. The molecule has 0 heterocycles. The fourth-order valence-corrected chi connectivity index (χ4v) is 1.56. The van der Waals surface area contributed by atoms with Crippen molar-refractivity contribution in [2.45, 2.75) is 13.1 Å². The van der Waals surface area contributed by atoms with Crippen LogP contribution in [0.5, 0.6) is 0 Å². The molecule has 0 fully saturated rings. The minimum Gasteiger partial charge on any atom is -0.462 e. The monoisotopic (exact) mass is 339 g/mol. The van der Waals surface area contributed by atoms with Gasteiger partial charge in [-0.2, -0.15) is 13.2 Å². The molecule has 1 rings (SSSR count).